The molecule has 0 radical (unpaired) electrons. The van der Waals surface area contributed by atoms with Crippen LogP contribution in [0.1, 0.15) is 36.8 Å². The van der Waals surface area contributed by atoms with E-state index in [1.54, 1.807) is 6.07 Å². The molecule has 0 aliphatic rings. The van der Waals surface area contributed by atoms with E-state index in [9.17, 15) is 9.59 Å². The topological polar surface area (TPSA) is 60.3 Å². The van der Waals surface area contributed by atoms with Gasteiger partial charge in [-0.1, -0.05) is 0 Å². The van der Waals surface area contributed by atoms with Crippen molar-refractivity contribution >= 4 is 11.9 Å². The van der Waals surface area contributed by atoms with Crippen LogP contribution in [0.5, 0.6) is 0 Å². The van der Waals surface area contributed by atoms with Crippen LogP contribution in [0.25, 0.3) is 0 Å². The van der Waals surface area contributed by atoms with Gasteiger partial charge in [0.25, 0.3) is 5.91 Å². The molecule has 1 amide bonds. The summed E-state index contributed by atoms with van der Waals surface area (Å²) in [5.74, 6) is -0.503. The van der Waals surface area contributed by atoms with Crippen molar-refractivity contribution in [2.45, 2.75) is 26.3 Å². The minimum atomic E-state index is -0.329. The van der Waals surface area contributed by atoms with E-state index in [1.807, 2.05) is 30.7 Å². The van der Waals surface area contributed by atoms with Crippen molar-refractivity contribution in [3.8, 4) is 0 Å². The smallest absolute Gasteiger partial charge is 0.307 e. The van der Waals surface area contributed by atoms with Crippen LogP contribution in [0.15, 0.2) is 18.3 Å². The maximum absolute atomic E-state index is 11.8. The molecular formula is C12H18N2O3. The predicted octanol–water partition coefficient (Wildman–Crippen LogP) is 1.36. The summed E-state index contributed by atoms with van der Waals surface area (Å²) < 4.78 is 6.37. The molecule has 0 fully saturated rings. The van der Waals surface area contributed by atoms with Crippen molar-refractivity contribution in [1.29, 1.82) is 0 Å². The maximum Gasteiger partial charge on any atom is 0.307 e. The van der Waals surface area contributed by atoms with E-state index in [2.05, 4.69) is 10.1 Å². The number of rotatable bonds is 5. The van der Waals surface area contributed by atoms with Gasteiger partial charge in [-0.2, -0.15) is 0 Å². The van der Waals surface area contributed by atoms with Gasteiger partial charge < -0.3 is 14.6 Å². The van der Waals surface area contributed by atoms with Gasteiger partial charge in [-0.05, 0) is 26.0 Å². The van der Waals surface area contributed by atoms with Gasteiger partial charge in [0, 0.05) is 18.8 Å². The summed E-state index contributed by atoms with van der Waals surface area (Å²) in [6.07, 6.45) is 2.05. The first-order valence-corrected chi connectivity index (χ1v) is 5.58. The third kappa shape index (κ3) is 3.62. The van der Waals surface area contributed by atoms with Gasteiger partial charge in [-0.15, -0.1) is 0 Å². The van der Waals surface area contributed by atoms with Gasteiger partial charge in [0.05, 0.1) is 13.5 Å². The fourth-order valence-electron chi connectivity index (χ4n) is 1.51. The zero-order chi connectivity index (χ0) is 12.8. The molecule has 0 saturated heterocycles. The molecule has 5 heteroatoms. The minimum absolute atomic E-state index is 0.174. The van der Waals surface area contributed by atoms with E-state index in [0.717, 1.165) is 0 Å². The Hall–Kier alpha value is -1.78. The van der Waals surface area contributed by atoms with Gasteiger partial charge in [0.1, 0.15) is 5.69 Å². The molecule has 1 heterocycles. The van der Waals surface area contributed by atoms with E-state index in [4.69, 9.17) is 0 Å². The lowest BCUT2D eigenvalue weighted by Gasteiger charge is -2.12. The Balaban J connectivity index is 2.52. The largest absolute Gasteiger partial charge is 0.469 e. The lowest BCUT2D eigenvalue weighted by Crippen LogP contribution is -2.28. The summed E-state index contributed by atoms with van der Waals surface area (Å²) in [7, 11) is 1.33. The average molecular weight is 238 g/mol. The van der Waals surface area contributed by atoms with Crippen molar-refractivity contribution in [3.05, 3.63) is 24.0 Å². The molecule has 1 aromatic heterocycles. The SMILES string of the molecule is COC(=O)CCNC(=O)c1cccn1C(C)C. The Morgan fingerprint density at radius 3 is 2.76 bits per heavy atom. The molecule has 0 atom stereocenters. The van der Waals surface area contributed by atoms with Crippen LogP contribution in [0.4, 0.5) is 0 Å². The Bertz CT molecular complexity index is 396. The predicted molar refractivity (Wildman–Crippen MR) is 63.8 cm³/mol. The summed E-state index contributed by atoms with van der Waals surface area (Å²) in [5, 5.41) is 2.68. The number of hydrogen-bond acceptors (Lipinski definition) is 3. The normalized spacial score (nSPS) is 10.4. The van der Waals surface area contributed by atoms with Crippen molar-refractivity contribution in [3.63, 3.8) is 0 Å². The highest BCUT2D eigenvalue weighted by Gasteiger charge is 2.12. The molecule has 0 aliphatic heterocycles. The second-order valence-electron chi connectivity index (χ2n) is 3.98. The molecular weight excluding hydrogens is 220 g/mol. The van der Waals surface area contributed by atoms with Crippen molar-refractivity contribution in [2.24, 2.45) is 0 Å². The van der Waals surface area contributed by atoms with Crippen LogP contribution < -0.4 is 5.32 Å². The molecule has 1 aromatic rings. The first kappa shape index (κ1) is 13.3. The number of nitrogens with one attached hydrogen (secondary N) is 1. The monoisotopic (exact) mass is 238 g/mol. The first-order valence-electron chi connectivity index (χ1n) is 5.58. The van der Waals surface area contributed by atoms with Gasteiger partial charge in [-0.25, -0.2) is 0 Å². The zero-order valence-corrected chi connectivity index (χ0v) is 10.4. The quantitative estimate of drug-likeness (QED) is 0.788. The molecule has 0 bridgehead atoms. The fraction of sp³-hybridized carbons (Fsp3) is 0.500. The Labute approximate surface area is 101 Å². The highest BCUT2D eigenvalue weighted by molar-refractivity contribution is 5.93. The molecule has 94 valence electrons. The van der Waals surface area contributed by atoms with Crippen molar-refractivity contribution < 1.29 is 14.3 Å². The highest BCUT2D eigenvalue weighted by Crippen LogP contribution is 2.10. The van der Waals surface area contributed by atoms with Crippen LogP contribution in [-0.4, -0.2) is 30.1 Å². The van der Waals surface area contributed by atoms with Crippen LogP contribution in [0.3, 0.4) is 0 Å². The summed E-state index contributed by atoms with van der Waals surface area (Å²) in [6.45, 7) is 4.30. The second-order valence-corrected chi connectivity index (χ2v) is 3.98. The third-order valence-corrected chi connectivity index (χ3v) is 2.41. The number of carbonyl (C=O) groups is 2. The molecule has 0 saturated carbocycles. The highest BCUT2D eigenvalue weighted by atomic mass is 16.5. The summed E-state index contributed by atoms with van der Waals surface area (Å²) in [5.41, 5.74) is 0.602. The van der Waals surface area contributed by atoms with Crippen LogP contribution >= 0.6 is 0 Å². The molecule has 5 nitrogen and oxygen atoms in total. The number of ether oxygens (including phenoxy) is 1. The number of aromatic nitrogens is 1. The number of methoxy groups -OCH3 is 1. The molecule has 1 rings (SSSR count). The number of carbonyl (C=O) groups excluding carboxylic acids is 2. The van der Waals surface area contributed by atoms with Gasteiger partial charge >= 0.3 is 5.97 Å². The lowest BCUT2D eigenvalue weighted by atomic mass is 10.3. The molecule has 0 unspecified atom stereocenters. The number of hydrogen-bond donors (Lipinski definition) is 1. The van der Waals surface area contributed by atoms with E-state index in [0.29, 0.717) is 5.69 Å². The standard InChI is InChI=1S/C12H18N2O3/c1-9(2)14-8-4-5-10(14)12(16)13-7-6-11(15)17-3/h4-5,8-9H,6-7H2,1-3H3,(H,13,16). The lowest BCUT2D eigenvalue weighted by molar-refractivity contribution is -0.140. The molecule has 0 aliphatic carbocycles. The van der Waals surface area contributed by atoms with E-state index >= 15 is 0 Å². The summed E-state index contributed by atoms with van der Waals surface area (Å²) in [6, 6.07) is 3.81. The Morgan fingerprint density at radius 1 is 1.47 bits per heavy atom. The van der Waals surface area contributed by atoms with Gasteiger partial charge in [0.15, 0.2) is 0 Å². The Morgan fingerprint density at radius 2 is 2.18 bits per heavy atom. The minimum Gasteiger partial charge on any atom is -0.469 e. The van der Waals surface area contributed by atoms with Gasteiger partial charge in [-0.3, -0.25) is 9.59 Å². The van der Waals surface area contributed by atoms with E-state index in [-0.39, 0.29) is 30.9 Å². The number of esters is 1. The molecule has 0 aromatic carbocycles. The molecule has 0 spiro atoms. The number of amides is 1. The first-order chi connectivity index (χ1) is 8.06. The maximum atomic E-state index is 11.8. The van der Waals surface area contributed by atoms with Crippen LogP contribution in [0.2, 0.25) is 0 Å². The summed E-state index contributed by atoms with van der Waals surface area (Å²) >= 11 is 0. The third-order valence-electron chi connectivity index (χ3n) is 2.41. The van der Waals surface area contributed by atoms with Crippen molar-refractivity contribution in [2.75, 3.05) is 13.7 Å². The zero-order valence-electron chi connectivity index (χ0n) is 10.4. The summed E-state index contributed by atoms with van der Waals surface area (Å²) in [4.78, 5) is 22.7. The van der Waals surface area contributed by atoms with E-state index in [1.165, 1.54) is 7.11 Å². The van der Waals surface area contributed by atoms with Crippen LogP contribution in [0, 0.1) is 0 Å². The average Bonchev–Trinajstić information content (AvgIpc) is 2.77. The van der Waals surface area contributed by atoms with E-state index < -0.39 is 0 Å². The van der Waals surface area contributed by atoms with Gasteiger partial charge in [0.2, 0.25) is 0 Å². The second kappa shape index (κ2) is 6.08. The molecule has 17 heavy (non-hydrogen) atoms. The molecule has 1 N–H and O–H groups in total. The number of nitrogens with zero attached hydrogens (tertiary/aromatic N) is 1. The Kier molecular flexibility index (Phi) is 4.75. The van der Waals surface area contributed by atoms with Crippen LogP contribution in [-0.2, 0) is 9.53 Å². The van der Waals surface area contributed by atoms with Crippen molar-refractivity contribution in [1.82, 2.24) is 9.88 Å². The fourth-order valence-corrected chi connectivity index (χ4v) is 1.51.